The maximum absolute atomic E-state index is 12.4. The number of hydrogen-bond donors (Lipinski definition) is 1. The summed E-state index contributed by atoms with van der Waals surface area (Å²) in [5, 5.41) is 3.25. The average Bonchev–Trinajstić information content (AvgIpc) is 2.45. The standard InChI is InChI=1S/C18H32N2O2/c1-13-6-5-7-15(12-13)19-16(21)14-8-10-20(11-9-14)17(22)18(2,3)4/h13-15H,5-12H2,1-4H3,(H,19,21). The third kappa shape index (κ3) is 4.47. The van der Waals surface area contributed by atoms with Crippen LogP contribution in [0.5, 0.6) is 0 Å². The van der Waals surface area contributed by atoms with E-state index in [1.807, 2.05) is 25.7 Å². The molecule has 1 saturated carbocycles. The van der Waals surface area contributed by atoms with E-state index >= 15 is 0 Å². The highest BCUT2D eigenvalue weighted by atomic mass is 16.2. The number of nitrogens with one attached hydrogen (secondary N) is 1. The van der Waals surface area contributed by atoms with Gasteiger partial charge < -0.3 is 10.2 Å². The molecule has 22 heavy (non-hydrogen) atoms. The molecule has 1 N–H and O–H groups in total. The second kappa shape index (κ2) is 7.01. The summed E-state index contributed by atoms with van der Waals surface area (Å²) in [5.41, 5.74) is -0.326. The molecule has 2 atom stereocenters. The first-order chi connectivity index (χ1) is 10.3. The summed E-state index contributed by atoms with van der Waals surface area (Å²) in [7, 11) is 0. The molecule has 2 rings (SSSR count). The zero-order valence-electron chi connectivity index (χ0n) is 14.7. The fourth-order valence-electron chi connectivity index (χ4n) is 3.70. The van der Waals surface area contributed by atoms with Crippen molar-refractivity contribution >= 4 is 11.8 Å². The van der Waals surface area contributed by atoms with E-state index in [4.69, 9.17) is 0 Å². The lowest BCUT2D eigenvalue weighted by Gasteiger charge is -2.36. The van der Waals surface area contributed by atoms with E-state index in [1.54, 1.807) is 0 Å². The predicted molar refractivity (Wildman–Crippen MR) is 88.3 cm³/mol. The van der Waals surface area contributed by atoms with Crippen LogP contribution in [-0.4, -0.2) is 35.8 Å². The van der Waals surface area contributed by atoms with E-state index in [0.29, 0.717) is 6.04 Å². The number of carbonyl (C=O) groups is 2. The van der Waals surface area contributed by atoms with E-state index in [2.05, 4.69) is 12.2 Å². The van der Waals surface area contributed by atoms with Gasteiger partial charge in [0.2, 0.25) is 11.8 Å². The fourth-order valence-corrected chi connectivity index (χ4v) is 3.70. The minimum Gasteiger partial charge on any atom is -0.353 e. The van der Waals surface area contributed by atoms with Gasteiger partial charge >= 0.3 is 0 Å². The molecule has 126 valence electrons. The molecule has 2 aliphatic rings. The summed E-state index contributed by atoms with van der Waals surface area (Å²) in [6.07, 6.45) is 6.36. The second-order valence-corrected chi connectivity index (χ2v) is 8.29. The van der Waals surface area contributed by atoms with Crippen molar-refractivity contribution in [3.8, 4) is 0 Å². The van der Waals surface area contributed by atoms with Gasteiger partial charge in [0, 0.05) is 30.5 Å². The van der Waals surface area contributed by atoms with Crippen LogP contribution in [0.3, 0.4) is 0 Å². The Morgan fingerprint density at radius 3 is 2.23 bits per heavy atom. The van der Waals surface area contributed by atoms with Crippen LogP contribution >= 0.6 is 0 Å². The van der Waals surface area contributed by atoms with Gasteiger partial charge in [0.15, 0.2) is 0 Å². The summed E-state index contributed by atoms with van der Waals surface area (Å²) < 4.78 is 0. The Labute approximate surface area is 135 Å². The van der Waals surface area contributed by atoms with Gasteiger partial charge in [0.1, 0.15) is 0 Å². The summed E-state index contributed by atoms with van der Waals surface area (Å²) in [5.74, 6) is 1.22. The van der Waals surface area contributed by atoms with Gasteiger partial charge in [0.25, 0.3) is 0 Å². The Morgan fingerprint density at radius 2 is 1.68 bits per heavy atom. The largest absolute Gasteiger partial charge is 0.353 e. The lowest BCUT2D eigenvalue weighted by atomic mass is 9.86. The second-order valence-electron chi connectivity index (χ2n) is 8.29. The Bertz CT molecular complexity index is 406. The molecule has 0 spiro atoms. The van der Waals surface area contributed by atoms with E-state index in [1.165, 1.54) is 12.8 Å². The van der Waals surface area contributed by atoms with Crippen molar-refractivity contribution < 1.29 is 9.59 Å². The zero-order valence-corrected chi connectivity index (χ0v) is 14.7. The summed E-state index contributed by atoms with van der Waals surface area (Å²) in [6, 6.07) is 0.366. The zero-order chi connectivity index (χ0) is 16.3. The summed E-state index contributed by atoms with van der Waals surface area (Å²) in [6.45, 7) is 9.58. The lowest BCUT2D eigenvalue weighted by Crippen LogP contribution is -2.48. The molecule has 0 aromatic heterocycles. The van der Waals surface area contributed by atoms with Crippen LogP contribution in [-0.2, 0) is 9.59 Å². The molecule has 1 aliphatic carbocycles. The third-order valence-electron chi connectivity index (χ3n) is 5.08. The molecule has 0 aromatic rings. The molecular formula is C18H32N2O2. The molecule has 1 saturated heterocycles. The van der Waals surface area contributed by atoms with Crippen LogP contribution in [0, 0.1) is 17.3 Å². The van der Waals surface area contributed by atoms with Crippen molar-refractivity contribution in [3.05, 3.63) is 0 Å². The highest BCUT2D eigenvalue weighted by molar-refractivity contribution is 5.82. The van der Waals surface area contributed by atoms with Crippen molar-refractivity contribution in [3.63, 3.8) is 0 Å². The van der Waals surface area contributed by atoms with Crippen LogP contribution in [0.15, 0.2) is 0 Å². The van der Waals surface area contributed by atoms with Crippen LogP contribution in [0.1, 0.15) is 66.2 Å². The monoisotopic (exact) mass is 308 g/mol. The Morgan fingerprint density at radius 1 is 1.05 bits per heavy atom. The van der Waals surface area contributed by atoms with Crippen LogP contribution in [0.25, 0.3) is 0 Å². The van der Waals surface area contributed by atoms with Crippen LogP contribution < -0.4 is 5.32 Å². The van der Waals surface area contributed by atoms with Gasteiger partial charge in [0.05, 0.1) is 0 Å². The Kier molecular flexibility index (Phi) is 5.51. The molecular weight excluding hydrogens is 276 g/mol. The smallest absolute Gasteiger partial charge is 0.227 e. The quantitative estimate of drug-likeness (QED) is 0.852. The molecule has 4 nitrogen and oxygen atoms in total. The molecule has 2 amide bonds. The number of amides is 2. The van der Waals surface area contributed by atoms with E-state index in [-0.39, 0.29) is 23.1 Å². The topological polar surface area (TPSA) is 49.4 Å². The number of rotatable bonds is 2. The Balaban J connectivity index is 1.79. The van der Waals surface area contributed by atoms with Crippen molar-refractivity contribution in [2.75, 3.05) is 13.1 Å². The van der Waals surface area contributed by atoms with E-state index in [9.17, 15) is 9.59 Å². The van der Waals surface area contributed by atoms with Crippen molar-refractivity contribution in [1.29, 1.82) is 0 Å². The van der Waals surface area contributed by atoms with E-state index in [0.717, 1.165) is 44.7 Å². The summed E-state index contributed by atoms with van der Waals surface area (Å²) in [4.78, 5) is 26.6. The summed E-state index contributed by atoms with van der Waals surface area (Å²) >= 11 is 0. The number of nitrogens with zero attached hydrogens (tertiary/aromatic N) is 1. The third-order valence-corrected chi connectivity index (χ3v) is 5.08. The first-order valence-corrected chi connectivity index (χ1v) is 8.87. The first kappa shape index (κ1) is 17.3. The van der Waals surface area contributed by atoms with Gasteiger partial charge in [-0.1, -0.05) is 40.5 Å². The average molecular weight is 308 g/mol. The van der Waals surface area contributed by atoms with Crippen LogP contribution in [0.4, 0.5) is 0 Å². The molecule has 1 heterocycles. The van der Waals surface area contributed by atoms with Gasteiger partial charge in [-0.2, -0.15) is 0 Å². The minimum atomic E-state index is -0.326. The normalized spacial score (nSPS) is 27.5. The molecule has 0 bridgehead atoms. The first-order valence-electron chi connectivity index (χ1n) is 8.87. The number of hydrogen-bond acceptors (Lipinski definition) is 2. The van der Waals surface area contributed by atoms with Crippen LogP contribution in [0.2, 0.25) is 0 Å². The van der Waals surface area contributed by atoms with Gasteiger partial charge in [-0.15, -0.1) is 0 Å². The highest BCUT2D eigenvalue weighted by Crippen LogP contribution is 2.26. The maximum Gasteiger partial charge on any atom is 0.227 e. The fraction of sp³-hybridized carbons (Fsp3) is 0.889. The molecule has 0 radical (unpaired) electrons. The van der Waals surface area contributed by atoms with Gasteiger partial charge in [-0.3, -0.25) is 9.59 Å². The number of likely N-dealkylation sites (tertiary alicyclic amines) is 1. The maximum atomic E-state index is 12.4. The minimum absolute atomic E-state index is 0.0845. The van der Waals surface area contributed by atoms with Crippen molar-refractivity contribution in [2.24, 2.45) is 17.3 Å². The van der Waals surface area contributed by atoms with Crippen molar-refractivity contribution in [1.82, 2.24) is 10.2 Å². The predicted octanol–water partition coefficient (Wildman–Crippen LogP) is 2.97. The molecule has 2 unspecified atom stereocenters. The number of piperidine rings is 1. The highest BCUT2D eigenvalue weighted by Gasteiger charge is 2.33. The molecule has 4 heteroatoms. The molecule has 2 fully saturated rings. The molecule has 0 aromatic carbocycles. The van der Waals surface area contributed by atoms with Gasteiger partial charge in [-0.25, -0.2) is 0 Å². The lowest BCUT2D eigenvalue weighted by molar-refractivity contribution is -0.142. The SMILES string of the molecule is CC1CCCC(NC(=O)C2CCN(C(=O)C(C)(C)C)CC2)C1. The van der Waals surface area contributed by atoms with Crippen molar-refractivity contribution in [2.45, 2.75) is 72.3 Å². The van der Waals surface area contributed by atoms with Gasteiger partial charge in [-0.05, 0) is 31.6 Å². The molecule has 1 aliphatic heterocycles. The number of carbonyl (C=O) groups excluding carboxylic acids is 2. The Hall–Kier alpha value is -1.06. The van der Waals surface area contributed by atoms with E-state index < -0.39 is 0 Å².